The minimum atomic E-state index is -0.932. The quantitative estimate of drug-likeness (QED) is 0.369. The number of carbonyl (C=O) groups excluding carboxylic acids is 1. The molecule has 4 heteroatoms. The van der Waals surface area contributed by atoms with Gasteiger partial charge in [0.1, 0.15) is 6.10 Å². The van der Waals surface area contributed by atoms with Crippen LogP contribution >= 0.6 is 0 Å². The van der Waals surface area contributed by atoms with Gasteiger partial charge in [0, 0.05) is 18.8 Å². The first-order valence-corrected chi connectivity index (χ1v) is 13.8. The van der Waals surface area contributed by atoms with Gasteiger partial charge in [-0.1, -0.05) is 59.8 Å². The summed E-state index contributed by atoms with van der Waals surface area (Å²) in [7, 11) is 0. The van der Waals surface area contributed by atoms with E-state index in [1.807, 2.05) is 0 Å². The predicted molar refractivity (Wildman–Crippen MR) is 136 cm³/mol. The van der Waals surface area contributed by atoms with E-state index >= 15 is 0 Å². The van der Waals surface area contributed by atoms with Crippen LogP contribution in [-0.4, -0.2) is 33.5 Å². The third-order valence-corrected chi connectivity index (χ3v) is 11.0. The van der Waals surface area contributed by atoms with Gasteiger partial charge in [0.15, 0.2) is 0 Å². The van der Waals surface area contributed by atoms with Gasteiger partial charge >= 0.3 is 5.97 Å². The molecule has 34 heavy (non-hydrogen) atoms. The van der Waals surface area contributed by atoms with Crippen LogP contribution in [0.2, 0.25) is 0 Å². The molecule has 0 amide bonds. The van der Waals surface area contributed by atoms with E-state index in [-0.39, 0.29) is 23.4 Å². The van der Waals surface area contributed by atoms with Crippen molar-refractivity contribution in [2.75, 3.05) is 0 Å². The Kier molecular flexibility index (Phi) is 6.69. The standard InChI is InChI=1S/C30H48O4/c1-19(2)20(3)8-9-21(4)24-10-11-25-27(24,6)14-13-26-28(7)15-12-23(34-22(5)31)18-29(28,32)16-17-30(25,26)33/h8-9,13,19-21,23-25,32-33H,10-12,14-18H2,1-7H3/b9-8+/t20-,21+,23+,24+,25+,27+,28+,29+,30-/m0/s1. The first kappa shape index (κ1) is 25.9. The van der Waals surface area contributed by atoms with Gasteiger partial charge in [-0.15, -0.1) is 0 Å². The van der Waals surface area contributed by atoms with Gasteiger partial charge in [-0.2, -0.15) is 0 Å². The summed E-state index contributed by atoms with van der Waals surface area (Å²) in [6, 6.07) is 0. The highest BCUT2D eigenvalue weighted by atomic mass is 16.5. The lowest BCUT2D eigenvalue weighted by atomic mass is 9.45. The summed E-state index contributed by atoms with van der Waals surface area (Å²) in [5.74, 6) is 2.23. The Bertz CT molecular complexity index is 860. The van der Waals surface area contributed by atoms with Crippen molar-refractivity contribution in [1.29, 1.82) is 0 Å². The number of rotatable bonds is 5. The van der Waals surface area contributed by atoms with Crippen molar-refractivity contribution < 1.29 is 19.7 Å². The lowest BCUT2D eigenvalue weighted by Gasteiger charge is -2.63. The maximum atomic E-state index is 12.4. The van der Waals surface area contributed by atoms with E-state index in [4.69, 9.17) is 4.74 Å². The van der Waals surface area contributed by atoms with Crippen LogP contribution in [0.3, 0.4) is 0 Å². The molecule has 3 fully saturated rings. The number of esters is 1. The van der Waals surface area contributed by atoms with Crippen molar-refractivity contribution in [1.82, 2.24) is 0 Å². The summed E-state index contributed by atoms with van der Waals surface area (Å²) in [5.41, 5.74) is -1.09. The summed E-state index contributed by atoms with van der Waals surface area (Å²) in [5, 5.41) is 24.2. The molecule has 2 N–H and O–H groups in total. The van der Waals surface area contributed by atoms with Crippen LogP contribution in [0.5, 0.6) is 0 Å². The first-order chi connectivity index (χ1) is 15.8. The maximum absolute atomic E-state index is 12.4. The lowest BCUT2D eigenvalue weighted by Crippen LogP contribution is -2.65. The Morgan fingerprint density at radius 1 is 1.06 bits per heavy atom. The van der Waals surface area contributed by atoms with Crippen LogP contribution in [0.15, 0.2) is 23.8 Å². The van der Waals surface area contributed by atoms with Gasteiger partial charge in [-0.3, -0.25) is 4.79 Å². The summed E-state index contributed by atoms with van der Waals surface area (Å²) in [4.78, 5) is 11.5. The molecule has 4 aliphatic carbocycles. The number of hydrogen-bond donors (Lipinski definition) is 2. The van der Waals surface area contributed by atoms with Gasteiger partial charge in [-0.05, 0) is 85.5 Å². The van der Waals surface area contributed by atoms with Gasteiger partial charge in [0.25, 0.3) is 0 Å². The summed E-state index contributed by atoms with van der Waals surface area (Å²) >= 11 is 0. The summed E-state index contributed by atoms with van der Waals surface area (Å²) < 4.78 is 5.50. The minimum Gasteiger partial charge on any atom is -0.462 e. The molecule has 0 bridgehead atoms. The second-order valence-corrected chi connectivity index (χ2v) is 13.2. The Morgan fingerprint density at radius 2 is 1.76 bits per heavy atom. The molecule has 0 aliphatic heterocycles. The average molecular weight is 473 g/mol. The fourth-order valence-corrected chi connectivity index (χ4v) is 8.49. The van der Waals surface area contributed by atoms with Crippen LogP contribution in [0, 0.1) is 40.4 Å². The molecule has 0 spiro atoms. The fourth-order valence-electron chi connectivity index (χ4n) is 8.49. The molecule has 4 aliphatic rings. The zero-order valence-corrected chi connectivity index (χ0v) is 22.6. The Balaban J connectivity index is 1.61. The number of ether oxygens (including phenoxy) is 1. The van der Waals surface area contributed by atoms with E-state index in [0.717, 1.165) is 37.7 Å². The number of allylic oxidation sites excluding steroid dienone is 3. The molecule has 192 valence electrons. The molecule has 0 heterocycles. The van der Waals surface area contributed by atoms with Crippen LogP contribution in [0.1, 0.15) is 99.8 Å². The van der Waals surface area contributed by atoms with Crippen molar-refractivity contribution >= 4 is 5.97 Å². The average Bonchev–Trinajstić information content (AvgIpc) is 3.11. The van der Waals surface area contributed by atoms with E-state index in [1.54, 1.807) is 0 Å². The molecule has 4 rings (SSSR count). The Labute approximate surface area is 207 Å². The number of fused-ring (bicyclic) bond motifs is 5. The van der Waals surface area contributed by atoms with Crippen LogP contribution in [0.4, 0.5) is 0 Å². The summed E-state index contributed by atoms with van der Waals surface area (Å²) in [6.07, 6.45) is 13.2. The van der Waals surface area contributed by atoms with Crippen LogP contribution < -0.4 is 0 Å². The largest absolute Gasteiger partial charge is 0.462 e. The monoisotopic (exact) mass is 472 g/mol. The number of carbonyl (C=O) groups is 1. The summed E-state index contributed by atoms with van der Waals surface area (Å²) in [6.45, 7) is 15.2. The third kappa shape index (κ3) is 3.92. The SMILES string of the molecule is CC(=O)O[C@@H]1CC[C@]2(C)C3=CC[C@]4(C)[C@@H]([C@H](C)/C=C/[C@H](C)C(C)C)CC[C@H]4[C@@]3(O)CC[C@@]2(O)C1. The molecule has 9 atom stereocenters. The van der Waals surface area contributed by atoms with Crippen molar-refractivity contribution in [3.63, 3.8) is 0 Å². The third-order valence-electron chi connectivity index (χ3n) is 11.0. The molecule has 0 unspecified atom stereocenters. The van der Waals surface area contributed by atoms with Gasteiger partial charge in [0.05, 0.1) is 11.2 Å². The zero-order valence-electron chi connectivity index (χ0n) is 22.6. The second kappa shape index (κ2) is 8.76. The highest BCUT2D eigenvalue weighted by Crippen LogP contribution is 2.68. The van der Waals surface area contributed by atoms with Crippen molar-refractivity contribution in [3.05, 3.63) is 23.8 Å². The smallest absolute Gasteiger partial charge is 0.302 e. The molecular weight excluding hydrogens is 424 g/mol. The van der Waals surface area contributed by atoms with E-state index in [9.17, 15) is 15.0 Å². The second-order valence-electron chi connectivity index (χ2n) is 13.2. The molecular formula is C30H48O4. The molecule has 0 radical (unpaired) electrons. The van der Waals surface area contributed by atoms with Crippen LogP contribution in [-0.2, 0) is 9.53 Å². The van der Waals surface area contributed by atoms with Gasteiger partial charge in [-0.25, -0.2) is 0 Å². The molecule has 0 aromatic carbocycles. The Hall–Kier alpha value is -1.13. The lowest BCUT2D eigenvalue weighted by molar-refractivity contribution is -0.195. The first-order valence-electron chi connectivity index (χ1n) is 13.8. The van der Waals surface area contributed by atoms with Crippen molar-refractivity contribution in [2.24, 2.45) is 40.4 Å². The molecule has 3 saturated carbocycles. The highest BCUT2D eigenvalue weighted by Gasteiger charge is 2.67. The van der Waals surface area contributed by atoms with E-state index in [0.29, 0.717) is 42.9 Å². The molecule has 0 aromatic rings. The van der Waals surface area contributed by atoms with Gasteiger partial charge in [0.2, 0.25) is 0 Å². The molecule has 0 saturated heterocycles. The maximum Gasteiger partial charge on any atom is 0.302 e. The Morgan fingerprint density at radius 3 is 2.41 bits per heavy atom. The topological polar surface area (TPSA) is 66.8 Å². The zero-order chi connectivity index (χ0) is 25.1. The van der Waals surface area contributed by atoms with Crippen molar-refractivity contribution in [2.45, 2.75) is 117 Å². The number of aliphatic hydroxyl groups is 2. The number of hydrogen-bond acceptors (Lipinski definition) is 4. The highest BCUT2D eigenvalue weighted by molar-refractivity contribution is 5.66. The normalized spacial score (nSPS) is 45.8. The molecule has 4 nitrogen and oxygen atoms in total. The van der Waals surface area contributed by atoms with Crippen LogP contribution in [0.25, 0.3) is 0 Å². The van der Waals surface area contributed by atoms with Gasteiger partial charge < -0.3 is 14.9 Å². The minimum absolute atomic E-state index is 0.0732. The van der Waals surface area contributed by atoms with E-state index < -0.39 is 16.6 Å². The fraction of sp³-hybridized carbons (Fsp3) is 0.833. The van der Waals surface area contributed by atoms with Crippen molar-refractivity contribution in [3.8, 4) is 0 Å². The van der Waals surface area contributed by atoms with E-state index in [1.165, 1.54) is 6.92 Å². The van der Waals surface area contributed by atoms with E-state index in [2.05, 4.69) is 59.8 Å². The molecule has 0 aromatic heterocycles. The predicted octanol–water partition coefficient (Wildman–Crippen LogP) is 6.21.